The Morgan fingerprint density at radius 3 is 2.14 bits per heavy atom. The van der Waals surface area contributed by atoms with E-state index in [2.05, 4.69) is 4.74 Å². The molecule has 1 aliphatic rings. The number of carbonyl (C=O) groups excluding carboxylic acids is 1. The first-order chi connectivity index (χ1) is 6.55. The molecule has 0 amide bonds. The smallest absolute Gasteiger partial charge is 0.311 e. The molecule has 0 heterocycles. The molecule has 0 N–H and O–H groups in total. The molecule has 0 aliphatic heterocycles. The Kier molecular flexibility index (Phi) is 2.49. The van der Waals surface area contributed by atoms with Gasteiger partial charge in [-0.1, -0.05) is 13.8 Å². The Morgan fingerprint density at radius 2 is 1.93 bits per heavy atom. The molecule has 1 saturated carbocycles. The van der Waals surface area contributed by atoms with E-state index in [0.717, 1.165) is 0 Å². The molecule has 1 fully saturated rings. The van der Waals surface area contributed by atoms with Crippen LogP contribution in [0.3, 0.4) is 0 Å². The summed E-state index contributed by atoms with van der Waals surface area (Å²) in [5, 5.41) is 17.8. The number of rotatable bonds is 2. The lowest BCUT2D eigenvalue weighted by molar-refractivity contribution is -0.143. The summed E-state index contributed by atoms with van der Waals surface area (Å²) in [5.41, 5.74) is -1.15. The lowest BCUT2D eigenvalue weighted by Crippen LogP contribution is -2.09. The van der Waals surface area contributed by atoms with E-state index in [4.69, 9.17) is 10.5 Å². The topological polar surface area (TPSA) is 73.9 Å². The zero-order valence-electron chi connectivity index (χ0n) is 8.44. The minimum absolute atomic E-state index is 0.137. The van der Waals surface area contributed by atoms with Crippen LogP contribution in [0.1, 0.15) is 13.8 Å². The van der Waals surface area contributed by atoms with Crippen LogP contribution in [0.4, 0.5) is 0 Å². The summed E-state index contributed by atoms with van der Waals surface area (Å²) in [7, 11) is 1.28. The van der Waals surface area contributed by atoms with Crippen LogP contribution in [0, 0.1) is 45.8 Å². The van der Waals surface area contributed by atoms with Crippen molar-refractivity contribution in [2.24, 2.45) is 23.2 Å². The maximum Gasteiger partial charge on any atom is 0.311 e. The molecule has 4 heteroatoms. The third-order valence-electron chi connectivity index (χ3n) is 2.81. The maximum absolute atomic E-state index is 11.3. The molecule has 0 spiro atoms. The van der Waals surface area contributed by atoms with Crippen molar-refractivity contribution in [2.75, 3.05) is 7.11 Å². The molecular weight excluding hydrogens is 180 g/mol. The molecular formula is C10H12N2O2. The summed E-state index contributed by atoms with van der Waals surface area (Å²) in [6.07, 6.45) is 0. The van der Waals surface area contributed by atoms with Crippen molar-refractivity contribution in [3.8, 4) is 12.1 Å². The van der Waals surface area contributed by atoms with Crippen molar-refractivity contribution in [1.29, 1.82) is 10.5 Å². The van der Waals surface area contributed by atoms with Crippen molar-refractivity contribution in [2.45, 2.75) is 13.8 Å². The predicted octanol–water partition coefficient (Wildman–Crippen LogP) is 1.09. The van der Waals surface area contributed by atoms with Crippen molar-refractivity contribution >= 4 is 5.97 Å². The normalized spacial score (nSPS) is 27.6. The fourth-order valence-electron chi connectivity index (χ4n) is 2.10. The Labute approximate surface area is 83.1 Å². The van der Waals surface area contributed by atoms with Crippen molar-refractivity contribution < 1.29 is 9.53 Å². The van der Waals surface area contributed by atoms with Crippen LogP contribution in [-0.4, -0.2) is 13.1 Å². The second-order valence-electron chi connectivity index (χ2n) is 3.86. The quantitative estimate of drug-likeness (QED) is 0.614. The zero-order chi connectivity index (χ0) is 10.9. The van der Waals surface area contributed by atoms with Crippen LogP contribution < -0.4 is 0 Å². The molecule has 0 aromatic rings. The van der Waals surface area contributed by atoms with Crippen molar-refractivity contribution in [3.63, 3.8) is 0 Å². The second kappa shape index (κ2) is 3.31. The fraction of sp³-hybridized carbons (Fsp3) is 0.700. The third kappa shape index (κ3) is 1.15. The van der Waals surface area contributed by atoms with E-state index in [-0.39, 0.29) is 11.8 Å². The summed E-state index contributed by atoms with van der Waals surface area (Å²) < 4.78 is 4.57. The van der Waals surface area contributed by atoms with Gasteiger partial charge in [0.2, 0.25) is 0 Å². The van der Waals surface area contributed by atoms with E-state index < -0.39 is 17.3 Å². The Hall–Kier alpha value is -1.55. The van der Waals surface area contributed by atoms with Gasteiger partial charge in [-0.2, -0.15) is 10.5 Å². The SMILES string of the molecule is COC(=O)[C@@H]1[C@@H](C(C)C)C1(C#N)C#N. The Balaban J connectivity index is 2.96. The van der Waals surface area contributed by atoms with Gasteiger partial charge in [-0.3, -0.25) is 4.79 Å². The highest BCUT2D eigenvalue weighted by molar-refractivity contribution is 5.80. The van der Waals surface area contributed by atoms with E-state index in [1.807, 2.05) is 26.0 Å². The first-order valence-electron chi connectivity index (χ1n) is 4.45. The maximum atomic E-state index is 11.3. The van der Waals surface area contributed by atoms with Crippen molar-refractivity contribution in [3.05, 3.63) is 0 Å². The standard InChI is InChI=1S/C10H12N2O2/c1-6(2)7-8(9(13)14-3)10(7,4-11)5-12/h6-8H,1-3H3/t7-,8+/m1/s1. The van der Waals surface area contributed by atoms with E-state index >= 15 is 0 Å². The first kappa shape index (κ1) is 10.5. The molecule has 1 rings (SSSR count). The van der Waals surface area contributed by atoms with Crippen LogP contribution in [0.2, 0.25) is 0 Å². The van der Waals surface area contributed by atoms with Gasteiger partial charge < -0.3 is 4.74 Å². The Bertz CT molecular complexity index is 321. The Morgan fingerprint density at radius 1 is 1.43 bits per heavy atom. The number of nitriles is 2. The highest BCUT2D eigenvalue weighted by Crippen LogP contribution is 2.61. The van der Waals surface area contributed by atoms with Crippen LogP contribution in [0.5, 0.6) is 0 Å². The summed E-state index contributed by atoms with van der Waals surface area (Å²) in [6.45, 7) is 3.80. The highest BCUT2D eigenvalue weighted by atomic mass is 16.5. The largest absolute Gasteiger partial charge is 0.469 e. The van der Waals surface area contributed by atoms with Gasteiger partial charge >= 0.3 is 5.97 Å². The van der Waals surface area contributed by atoms with Gasteiger partial charge in [0.15, 0.2) is 5.41 Å². The van der Waals surface area contributed by atoms with Gasteiger partial charge in [0.25, 0.3) is 0 Å². The number of hydrogen-bond acceptors (Lipinski definition) is 4. The lowest BCUT2D eigenvalue weighted by atomic mass is 10.0. The molecule has 4 nitrogen and oxygen atoms in total. The summed E-state index contributed by atoms with van der Waals surface area (Å²) >= 11 is 0. The second-order valence-corrected chi connectivity index (χ2v) is 3.86. The van der Waals surface area contributed by atoms with E-state index in [9.17, 15) is 4.79 Å². The lowest BCUT2D eigenvalue weighted by Gasteiger charge is -2.00. The number of esters is 1. The average Bonchev–Trinajstić information content (AvgIpc) is 2.86. The van der Waals surface area contributed by atoms with Crippen molar-refractivity contribution in [1.82, 2.24) is 0 Å². The van der Waals surface area contributed by atoms with E-state index in [0.29, 0.717) is 0 Å². The fourth-order valence-corrected chi connectivity index (χ4v) is 2.10. The number of ether oxygens (including phenoxy) is 1. The van der Waals surface area contributed by atoms with Gasteiger partial charge in [0, 0.05) is 5.92 Å². The van der Waals surface area contributed by atoms with Crippen LogP contribution >= 0.6 is 0 Å². The van der Waals surface area contributed by atoms with Gasteiger partial charge in [-0.15, -0.1) is 0 Å². The minimum atomic E-state index is -1.15. The van der Waals surface area contributed by atoms with E-state index in [1.165, 1.54) is 7.11 Å². The number of hydrogen-bond donors (Lipinski definition) is 0. The average molecular weight is 192 g/mol. The summed E-state index contributed by atoms with van der Waals surface area (Å²) in [6, 6.07) is 3.87. The van der Waals surface area contributed by atoms with Crippen LogP contribution in [0.25, 0.3) is 0 Å². The number of carbonyl (C=O) groups is 1. The molecule has 0 aromatic carbocycles. The number of methoxy groups -OCH3 is 1. The number of nitrogens with zero attached hydrogens (tertiary/aromatic N) is 2. The molecule has 1 aliphatic carbocycles. The monoisotopic (exact) mass is 192 g/mol. The molecule has 0 radical (unpaired) electrons. The van der Waals surface area contributed by atoms with Crippen LogP contribution in [-0.2, 0) is 9.53 Å². The zero-order valence-corrected chi connectivity index (χ0v) is 8.44. The van der Waals surface area contributed by atoms with E-state index in [1.54, 1.807) is 0 Å². The highest BCUT2D eigenvalue weighted by Gasteiger charge is 2.71. The van der Waals surface area contributed by atoms with Gasteiger partial charge in [0.05, 0.1) is 25.2 Å². The molecule has 0 saturated heterocycles. The first-order valence-corrected chi connectivity index (χ1v) is 4.45. The molecule has 74 valence electrons. The van der Waals surface area contributed by atoms with Gasteiger partial charge in [-0.05, 0) is 5.92 Å². The molecule has 14 heavy (non-hydrogen) atoms. The third-order valence-corrected chi connectivity index (χ3v) is 2.81. The summed E-state index contributed by atoms with van der Waals surface area (Å²) in [4.78, 5) is 11.3. The predicted molar refractivity (Wildman–Crippen MR) is 47.5 cm³/mol. The van der Waals surface area contributed by atoms with Gasteiger partial charge in [-0.25, -0.2) is 0 Å². The molecule has 2 atom stereocenters. The minimum Gasteiger partial charge on any atom is -0.469 e. The molecule has 0 unspecified atom stereocenters. The molecule has 0 bridgehead atoms. The molecule has 0 aromatic heterocycles. The summed E-state index contributed by atoms with van der Waals surface area (Å²) in [5.74, 6) is -1.07. The van der Waals surface area contributed by atoms with Gasteiger partial charge in [0.1, 0.15) is 0 Å². The van der Waals surface area contributed by atoms with Crippen LogP contribution in [0.15, 0.2) is 0 Å².